The van der Waals surface area contributed by atoms with Crippen LogP contribution in [0.4, 0.5) is 0 Å². The molecule has 3 heteroatoms. The van der Waals surface area contributed by atoms with E-state index in [4.69, 9.17) is 11.2 Å². The molecular formula is C11H15BrO2. The van der Waals surface area contributed by atoms with Crippen LogP contribution >= 0.6 is 15.9 Å². The lowest BCUT2D eigenvalue weighted by molar-refractivity contribution is -0.142. The molecule has 0 aliphatic heterocycles. The number of unbranched alkanes of at least 4 members (excludes halogenated alkanes) is 2. The first-order valence-corrected chi connectivity index (χ1v) is 5.76. The quantitative estimate of drug-likeness (QED) is 0.304. The second kappa shape index (κ2) is 10.3. The lowest BCUT2D eigenvalue weighted by Gasteiger charge is -2.00. The predicted octanol–water partition coefficient (Wildman–Crippen LogP) is 2.67. The van der Waals surface area contributed by atoms with Crippen molar-refractivity contribution >= 4 is 21.9 Å². The summed E-state index contributed by atoms with van der Waals surface area (Å²) in [6, 6.07) is 0. The van der Waals surface area contributed by atoms with Gasteiger partial charge in [-0.25, -0.2) is 0 Å². The number of allylic oxidation sites excluding steroid dienone is 1. The molecule has 0 rings (SSSR count). The first-order chi connectivity index (χ1) is 6.81. The monoisotopic (exact) mass is 258 g/mol. The Bertz CT molecular complexity index is 216. The summed E-state index contributed by atoms with van der Waals surface area (Å²) in [5.41, 5.74) is 0. The number of rotatable bonds is 7. The smallest absolute Gasteiger partial charge is 0.306 e. The van der Waals surface area contributed by atoms with Gasteiger partial charge in [-0.2, -0.15) is 0 Å². The first kappa shape index (κ1) is 13.2. The minimum atomic E-state index is -0.152. The zero-order valence-corrected chi connectivity index (χ0v) is 9.76. The van der Waals surface area contributed by atoms with Crippen molar-refractivity contribution < 1.29 is 9.53 Å². The topological polar surface area (TPSA) is 26.3 Å². The van der Waals surface area contributed by atoms with Gasteiger partial charge in [-0.05, 0) is 25.0 Å². The van der Waals surface area contributed by atoms with E-state index in [1.165, 1.54) is 6.08 Å². The second-order valence-corrected chi connectivity index (χ2v) is 3.54. The third-order valence-electron chi connectivity index (χ3n) is 1.57. The summed E-state index contributed by atoms with van der Waals surface area (Å²) in [7, 11) is 0. The van der Waals surface area contributed by atoms with Gasteiger partial charge in [-0.1, -0.05) is 28.3 Å². The van der Waals surface area contributed by atoms with Crippen molar-refractivity contribution in [2.75, 3.05) is 11.9 Å². The molecule has 0 aromatic rings. The van der Waals surface area contributed by atoms with E-state index in [0.717, 1.165) is 24.6 Å². The zero-order valence-electron chi connectivity index (χ0n) is 8.17. The third-order valence-corrected chi connectivity index (χ3v) is 2.13. The predicted molar refractivity (Wildman–Crippen MR) is 61.2 cm³/mol. The van der Waals surface area contributed by atoms with Crippen LogP contribution in [0.2, 0.25) is 0 Å². The van der Waals surface area contributed by atoms with Crippen LogP contribution in [0, 0.1) is 12.3 Å². The molecule has 0 saturated carbocycles. The summed E-state index contributed by atoms with van der Waals surface area (Å²) in [4.78, 5) is 11.0. The third kappa shape index (κ3) is 9.34. The number of ether oxygens (including phenoxy) is 1. The molecule has 0 N–H and O–H groups in total. The van der Waals surface area contributed by atoms with E-state index in [2.05, 4.69) is 21.9 Å². The van der Waals surface area contributed by atoms with E-state index in [-0.39, 0.29) is 12.6 Å². The number of hydrogen-bond donors (Lipinski definition) is 0. The van der Waals surface area contributed by atoms with Gasteiger partial charge in [0.05, 0.1) is 0 Å². The number of halogens is 1. The molecule has 0 radical (unpaired) electrons. The maximum Gasteiger partial charge on any atom is 0.306 e. The molecule has 0 heterocycles. The maximum absolute atomic E-state index is 11.0. The van der Waals surface area contributed by atoms with Crippen molar-refractivity contribution in [2.45, 2.75) is 25.7 Å². The van der Waals surface area contributed by atoms with E-state index in [0.29, 0.717) is 6.42 Å². The Morgan fingerprint density at radius 1 is 1.43 bits per heavy atom. The van der Waals surface area contributed by atoms with Gasteiger partial charge in [-0.15, -0.1) is 6.42 Å². The van der Waals surface area contributed by atoms with Gasteiger partial charge < -0.3 is 4.74 Å². The van der Waals surface area contributed by atoms with Crippen molar-refractivity contribution in [2.24, 2.45) is 0 Å². The average Bonchev–Trinajstić information content (AvgIpc) is 2.19. The Morgan fingerprint density at radius 2 is 2.21 bits per heavy atom. The molecule has 78 valence electrons. The van der Waals surface area contributed by atoms with Crippen LogP contribution in [0.5, 0.6) is 0 Å². The van der Waals surface area contributed by atoms with Crippen molar-refractivity contribution in [3.63, 3.8) is 0 Å². The fraction of sp³-hybridized carbons (Fsp3) is 0.545. The van der Waals surface area contributed by atoms with Gasteiger partial charge in [-0.3, -0.25) is 4.79 Å². The molecule has 0 saturated heterocycles. The number of terminal acetylenes is 1. The molecule has 0 unspecified atom stereocenters. The lowest BCUT2D eigenvalue weighted by Crippen LogP contribution is -2.03. The second-order valence-electron chi connectivity index (χ2n) is 2.75. The highest BCUT2D eigenvalue weighted by atomic mass is 79.9. The van der Waals surface area contributed by atoms with Crippen LogP contribution < -0.4 is 0 Å². The van der Waals surface area contributed by atoms with Gasteiger partial charge in [0, 0.05) is 11.8 Å². The molecule has 14 heavy (non-hydrogen) atoms. The molecule has 0 aromatic heterocycles. The van der Waals surface area contributed by atoms with Crippen LogP contribution in [0.25, 0.3) is 0 Å². The Morgan fingerprint density at radius 3 is 2.86 bits per heavy atom. The summed E-state index contributed by atoms with van der Waals surface area (Å²) in [5.74, 6) is 2.17. The summed E-state index contributed by atoms with van der Waals surface area (Å²) in [5, 5.41) is 0.993. The Hall–Kier alpha value is -0.750. The molecular weight excluding hydrogens is 244 g/mol. The highest BCUT2D eigenvalue weighted by Gasteiger charge is 2.00. The normalized spacial score (nSPS) is 10.0. The fourth-order valence-corrected chi connectivity index (χ4v) is 1.27. The molecule has 2 nitrogen and oxygen atoms in total. The van der Waals surface area contributed by atoms with Gasteiger partial charge in [0.25, 0.3) is 0 Å². The van der Waals surface area contributed by atoms with Gasteiger partial charge in [0.15, 0.2) is 0 Å². The first-order valence-electron chi connectivity index (χ1n) is 4.64. The highest BCUT2D eigenvalue weighted by Crippen LogP contribution is 2.02. The van der Waals surface area contributed by atoms with Crippen LogP contribution in [-0.2, 0) is 9.53 Å². The summed E-state index contributed by atoms with van der Waals surface area (Å²) >= 11 is 3.33. The van der Waals surface area contributed by atoms with E-state index in [1.54, 1.807) is 6.08 Å². The lowest BCUT2D eigenvalue weighted by atomic mass is 10.2. The molecule has 0 atom stereocenters. The summed E-state index contributed by atoms with van der Waals surface area (Å²) < 4.78 is 4.89. The van der Waals surface area contributed by atoms with Gasteiger partial charge >= 0.3 is 5.97 Å². The molecule has 0 spiro atoms. The van der Waals surface area contributed by atoms with Crippen LogP contribution in [-0.4, -0.2) is 17.9 Å². The summed E-state index contributed by atoms with van der Waals surface area (Å²) in [6.45, 7) is 0.279. The van der Waals surface area contributed by atoms with Crippen LogP contribution in [0.15, 0.2) is 12.2 Å². The maximum atomic E-state index is 11.0. The van der Waals surface area contributed by atoms with Crippen molar-refractivity contribution in [1.82, 2.24) is 0 Å². The molecule has 0 amide bonds. The van der Waals surface area contributed by atoms with E-state index in [9.17, 15) is 4.79 Å². The molecule has 0 bridgehead atoms. The molecule has 0 aromatic carbocycles. The largest absolute Gasteiger partial charge is 0.461 e. The standard InChI is InChI=1S/C11H15BrO2/c1-2-3-7-10-14-11(13)8-5-4-6-9-12/h1,3,7H,4-6,8-10H2. The van der Waals surface area contributed by atoms with Crippen LogP contribution in [0.1, 0.15) is 25.7 Å². The van der Waals surface area contributed by atoms with Gasteiger partial charge in [0.2, 0.25) is 0 Å². The highest BCUT2D eigenvalue weighted by molar-refractivity contribution is 9.09. The van der Waals surface area contributed by atoms with Crippen molar-refractivity contribution in [3.8, 4) is 12.3 Å². The van der Waals surface area contributed by atoms with E-state index in [1.807, 2.05) is 0 Å². The number of hydrogen-bond acceptors (Lipinski definition) is 2. The van der Waals surface area contributed by atoms with Crippen molar-refractivity contribution in [3.05, 3.63) is 12.2 Å². The van der Waals surface area contributed by atoms with E-state index < -0.39 is 0 Å². The average molecular weight is 259 g/mol. The van der Waals surface area contributed by atoms with Crippen molar-refractivity contribution in [1.29, 1.82) is 0 Å². The van der Waals surface area contributed by atoms with E-state index >= 15 is 0 Å². The van der Waals surface area contributed by atoms with Crippen LogP contribution in [0.3, 0.4) is 0 Å². The fourth-order valence-electron chi connectivity index (χ4n) is 0.870. The minimum Gasteiger partial charge on any atom is -0.461 e. The zero-order chi connectivity index (χ0) is 10.6. The Labute approximate surface area is 93.8 Å². The molecule has 0 fully saturated rings. The number of esters is 1. The molecule has 0 aliphatic rings. The summed E-state index contributed by atoms with van der Waals surface area (Å²) in [6.07, 6.45) is 11.7. The number of alkyl halides is 1. The number of carbonyl (C=O) groups excluding carboxylic acids is 1. The van der Waals surface area contributed by atoms with Gasteiger partial charge in [0.1, 0.15) is 6.61 Å². The number of carbonyl (C=O) groups is 1. The Kier molecular flexibility index (Phi) is 9.78. The Balaban J connectivity index is 3.29. The SMILES string of the molecule is C#CC=CCOC(=O)CCCCCBr. The molecule has 0 aliphatic carbocycles. The minimum absolute atomic E-state index is 0.152.